The highest BCUT2D eigenvalue weighted by Crippen LogP contribution is 2.26. The highest BCUT2D eigenvalue weighted by atomic mass is 16.2. The van der Waals surface area contributed by atoms with Gasteiger partial charge in [-0.05, 0) is 51.0 Å². The zero-order valence-corrected chi connectivity index (χ0v) is 16.4. The van der Waals surface area contributed by atoms with Crippen molar-refractivity contribution in [3.05, 3.63) is 64.0 Å². The Balaban J connectivity index is 1.36. The zero-order valence-electron chi connectivity index (χ0n) is 16.4. The number of hydrogen-bond donors (Lipinski definition) is 1. The highest BCUT2D eigenvalue weighted by molar-refractivity contribution is 5.78. The number of aromatic nitrogens is 3. The molecule has 0 unspecified atom stereocenters. The lowest BCUT2D eigenvalue weighted by Crippen LogP contribution is -2.39. The molecule has 28 heavy (non-hydrogen) atoms. The monoisotopic (exact) mass is 378 g/mol. The van der Waals surface area contributed by atoms with E-state index in [1.165, 1.54) is 11.4 Å². The van der Waals surface area contributed by atoms with Crippen LogP contribution in [-0.4, -0.2) is 38.4 Å². The molecule has 0 spiro atoms. The van der Waals surface area contributed by atoms with Crippen LogP contribution in [0.15, 0.2) is 41.2 Å². The van der Waals surface area contributed by atoms with Crippen LogP contribution in [0.25, 0.3) is 10.9 Å². The van der Waals surface area contributed by atoms with Gasteiger partial charge < -0.3 is 14.5 Å². The molecule has 1 aliphatic rings. The molecular formula is C22H26N4O2. The van der Waals surface area contributed by atoms with Crippen molar-refractivity contribution < 1.29 is 4.79 Å². The number of hydrogen-bond acceptors (Lipinski definition) is 3. The predicted octanol–water partition coefficient (Wildman–Crippen LogP) is 3.14. The molecule has 3 aromatic rings. The molecular weight excluding hydrogens is 352 g/mol. The summed E-state index contributed by atoms with van der Waals surface area (Å²) < 4.78 is 2.39. The van der Waals surface area contributed by atoms with Crippen molar-refractivity contribution in [2.24, 2.45) is 0 Å². The van der Waals surface area contributed by atoms with Crippen LogP contribution in [0.2, 0.25) is 0 Å². The van der Waals surface area contributed by atoms with Crippen LogP contribution in [0.3, 0.4) is 0 Å². The SMILES string of the molecule is Cc1ccc(C)n1C1CCN(C(=O)CCc2nc3ccccc3c(=O)[nH]2)CC1. The second-order valence-electron chi connectivity index (χ2n) is 7.63. The summed E-state index contributed by atoms with van der Waals surface area (Å²) >= 11 is 0. The molecule has 1 amide bonds. The lowest BCUT2D eigenvalue weighted by atomic mass is 10.0. The van der Waals surface area contributed by atoms with E-state index in [0.29, 0.717) is 35.6 Å². The van der Waals surface area contributed by atoms with Gasteiger partial charge in [0.15, 0.2) is 0 Å². The lowest BCUT2D eigenvalue weighted by molar-refractivity contribution is -0.132. The van der Waals surface area contributed by atoms with Crippen molar-refractivity contribution >= 4 is 16.8 Å². The van der Waals surface area contributed by atoms with Gasteiger partial charge in [0.05, 0.1) is 10.9 Å². The normalized spacial score (nSPS) is 15.3. The van der Waals surface area contributed by atoms with Gasteiger partial charge in [-0.3, -0.25) is 9.59 Å². The molecule has 4 rings (SSSR count). The number of H-pyrrole nitrogens is 1. The fraction of sp³-hybridized carbons (Fsp3) is 0.409. The number of fused-ring (bicyclic) bond motifs is 1. The Morgan fingerprint density at radius 1 is 1.11 bits per heavy atom. The van der Waals surface area contributed by atoms with E-state index < -0.39 is 0 Å². The number of para-hydroxylation sites is 1. The van der Waals surface area contributed by atoms with Gasteiger partial charge in [0.1, 0.15) is 5.82 Å². The van der Waals surface area contributed by atoms with Crippen LogP contribution in [0.5, 0.6) is 0 Å². The minimum absolute atomic E-state index is 0.134. The predicted molar refractivity (Wildman–Crippen MR) is 109 cm³/mol. The Labute approximate surface area is 164 Å². The summed E-state index contributed by atoms with van der Waals surface area (Å²) in [6, 6.07) is 12.1. The third-order valence-corrected chi connectivity index (χ3v) is 5.75. The first-order valence-electron chi connectivity index (χ1n) is 9.93. The van der Waals surface area contributed by atoms with E-state index in [4.69, 9.17) is 0 Å². The molecule has 0 aliphatic carbocycles. The molecule has 3 heterocycles. The summed E-state index contributed by atoms with van der Waals surface area (Å²) in [5, 5.41) is 0.579. The lowest BCUT2D eigenvalue weighted by Gasteiger charge is -2.34. The molecule has 0 radical (unpaired) electrons. The van der Waals surface area contributed by atoms with Crippen LogP contribution in [0, 0.1) is 13.8 Å². The Kier molecular flexibility index (Phi) is 5.03. The Morgan fingerprint density at radius 3 is 2.50 bits per heavy atom. The minimum atomic E-state index is -0.147. The molecule has 1 aliphatic heterocycles. The molecule has 6 heteroatoms. The van der Waals surface area contributed by atoms with Crippen molar-refractivity contribution in [3.8, 4) is 0 Å². The first-order valence-corrected chi connectivity index (χ1v) is 9.93. The number of carbonyl (C=O) groups excluding carboxylic acids is 1. The molecule has 1 fully saturated rings. The maximum atomic E-state index is 12.6. The largest absolute Gasteiger partial charge is 0.346 e. The van der Waals surface area contributed by atoms with Crippen LogP contribution >= 0.6 is 0 Å². The first-order chi connectivity index (χ1) is 13.5. The van der Waals surface area contributed by atoms with Gasteiger partial charge in [0, 0.05) is 43.4 Å². The van der Waals surface area contributed by atoms with E-state index in [2.05, 4.69) is 40.5 Å². The van der Waals surface area contributed by atoms with Gasteiger partial charge in [0.2, 0.25) is 5.91 Å². The molecule has 1 aromatic carbocycles. The smallest absolute Gasteiger partial charge is 0.258 e. The van der Waals surface area contributed by atoms with Crippen molar-refractivity contribution in [1.82, 2.24) is 19.4 Å². The molecule has 0 atom stereocenters. The number of piperidine rings is 1. The number of carbonyl (C=O) groups is 1. The second-order valence-corrected chi connectivity index (χ2v) is 7.63. The van der Waals surface area contributed by atoms with Gasteiger partial charge in [0.25, 0.3) is 5.56 Å². The topological polar surface area (TPSA) is 71.0 Å². The maximum Gasteiger partial charge on any atom is 0.258 e. The van der Waals surface area contributed by atoms with Gasteiger partial charge in [-0.1, -0.05) is 12.1 Å². The average Bonchev–Trinajstić information content (AvgIpc) is 3.04. The van der Waals surface area contributed by atoms with Crippen LogP contribution < -0.4 is 5.56 Å². The van der Waals surface area contributed by atoms with Crippen molar-refractivity contribution in [3.63, 3.8) is 0 Å². The van der Waals surface area contributed by atoms with E-state index in [-0.39, 0.29) is 11.5 Å². The summed E-state index contributed by atoms with van der Waals surface area (Å²) in [6.07, 6.45) is 2.78. The molecule has 6 nitrogen and oxygen atoms in total. The van der Waals surface area contributed by atoms with Gasteiger partial charge >= 0.3 is 0 Å². The molecule has 146 valence electrons. The number of nitrogens with zero attached hydrogens (tertiary/aromatic N) is 3. The van der Waals surface area contributed by atoms with Crippen molar-refractivity contribution in [1.29, 1.82) is 0 Å². The average molecular weight is 378 g/mol. The summed E-state index contributed by atoms with van der Waals surface area (Å²) in [5.41, 5.74) is 3.10. The summed E-state index contributed by atoms with van der Waals surface area (Å²) in [7, 11) is 0. The number of likely N-dealkylation sites (tertiary alicyclic amines) is 1. The van der Waals surface area contributed by atoms with E-state index in [9.17, 15) is 9.59 Å². The van der Waals surface area contributed by atoms with Crippen LogP contribution in [-0.2, 0) is 11.2 Å². The number of rotatable bonds is 4. The highest BCUT2D eigenvalue weighted by Gasteiger charge is 2.24. The standard InChI is InChI=1S/C22H26N4O2/c1-15-7-8-16(2)26(15)17-11-13-25(14-12-17)21(27)10-9-20-23-19-6-4-3-5-18(19)22(28)24-20/h3-8,17H,9-14H2,1-2H3,(H,23,24,28). The summed E-state index contributed by atoms with van der Waals surface area (Å²) in [5.74, 6) is 0.709. The molecule has 1 N–H and O–H groups in total. The minimum Gasteiger partial charge on any atom is -0.346 e. The van der Waals surface area contributed by atoms with Crippen LogP contribution in [0.1, 0.15) is 42.5 Å². The number of aromatic amines is 1. The summed E-state index contributed by atoms with van der Waals surface area (Å²) in [4.78, 5) is 34.0. The maximum absolute atomic E-state index is 12.6. The molecule has 0 bridgehead atoms. The Morgan fingerprint density at radius 2 is 1.79 bits per heavy atom. The van der Waals surface area contributed by atoms with E-state index >= 15 is 0 Å². The fourth-order valence-corrected chi connectivity index (χ4v) is 4.27. The van der Waals surface area contributed by atoms with Crippen molar-refractivity contribution in [2.75, 3.05) is 13.1 Å². The number of amides is 1. The quantitative estimate of drug-likeness (QED) is 0.758. The number of nitrogens with one attached hydrogen (secondary N) is 1. The van der Waals surface area contributed by atoms with E-state index in [0.717, 1.165) is 25.9 Å². The first kappa shape index (κ1) is 18.5. The van der Waals surface area contributed by atoms with Gasteiger partial charge in [-0.15, -0.1) is 0 Å². The third-order valence-electron chi connectivity index (χ3n) is 5.75. The Hall–Kier alpha value is -2.89. The molecule has 0 saturated carbocycles. The zero-order chi connectivity index (χ0) is 19.7. The summed E-state index contributed by atoms with van der Waals surface area (Å²) in [6.45, 7) is 5.84. The fourth-order valence-electron chi connectivity index (χ4n) is 4.27. The van der Waals surface area contributed by atoms with Gasteiger partial charge in [-0.25, -0.2) is 4.98 Å². The van der Waals surface area contributed by atoms with Crippen molar-refractivity contribution in [2.45, 2.75) is 45.6 Å². The van der Waals surface area contributed by atoms with Gasteiger partial charge in [-0.2, -0.15) is 0 Å². The number of aryl methyl sites for hydroxylation is 3. The molecule has 2 aromatic heterocycles. The molecule has 1 saturated heterocycles. The van der Waals surface area contributed by atoms with E-state index in [1.807, 2.05) is 23.1 Å². The third kappa shape index (κ3) is 3.59. The number of benzene rings is 1. The van der Waals surface area contributed by atoms with E-state index in [1.54, 1.807) is 6.07 Å². The van der Waals surface area contributed by atoms with Crippen LogP contribution in [0.4, 0.5) is 0 Å². The Bertz CT molecular complexity index is 1040. The second kappa shape index (κ2) is 7.62.